The fraction of sp³-hybridized carbons (Fsp3) is 0.222. The first kappa shape index (κ1) is 15.9. The molecule has 124 valence electrons. The predicted octanol–water partition coefficient (Wildman–Crippen LogP) is 2.66. The number of rotatable bonds is 5. The molecule has 3 aromatic rings. The van der Waals surface area contributed by atoms with Gasteiger partial charge in [-0.2, -0.15) is 0 Å². The van der Waals surface area contributed by atoms with Crippen LogP contribution in [0.4, 0.5) is 5.69 Å². The number of benzene rings is 2. The van der Waals surface area contributed by atoms with Crippen molar-refractivity contribution < 1.29 is 13.9 Å². The van der Waals surface area contributed by atoms with E-state index in [-0.39, 0.29) is 12.5 Å². The van der Waals surface area contributed by atoms with E-state index in [0.29, 0.717) is 17.7 Å². The van der Waals surface area contributed by atoms with E-state index in [1.54, 1.807) is 43.4 Å². The molecule has 0 bridgehead atoms. The Balaban J connectivity index is 1.80. The Bertz CT molecular complexity index is 909. The third-order valence-corrected chi connectivity index (χ3v) is 3.78. The van der Waals surface area contributed by atoms with Crippen molar-refractivity contribution in [3.63, 3.8) is 0 Å². The van der Waals surface area contributed by atoms with Crippen LogP contribution in [0.25, 0.3) is 11.1 Å². The van der Waals surface area contributed by atoms with Gasteiger partial charge in [-0.1, -0.05) is 12.1 Å². The molecule has 6 heteroatoms. The Kier molecular flexibility index (Phi) is 4.37. The molecule has 0 unspecified atom stereocenters. The molecule has 0 saturated carbocycles. The van der Waals surface area contributed by atoms with E-state index in [9.17, 15) is 9.59 Å². The molecule has 1 aromatic heterocycles. The van der Waals surface area contributed by atoms with Gasteiger partial charge in [-0.3, -0.25) is 9.36 Å². The fourth-order valence-electron chi connectivity index (χ4n) is 2.48. The number of hydrogen-bond acceptors (Lipinski definition) is 4. The minimum atomic E-state index is -0.537. The molecule has 3 rings (SSSR count). The maximum absolute atomic E-state index is 12.5. The van der Waals surface area contributed by atoms with Gasteiger partial charge in [-0.05, 0) is 43.3 Å². The van der Waals surface area contributed by atoms with E-state index in [2.05, 4.69) is 0 Å². The second-order valence-electron chi connectivity index (χ2n) is 5.30. The average molecular weight is 326 g/mol. The SMILES string of the molecule is CCOc1ccc(N(C)C(=O)Cn2c(=O)oc3ccccc32)cc1. The lowest BCUT2D eigenvalue weighted by atomic mass is 10.2. The molecule has 1 amide bonds. The van der Waals surface area contributed by atoms with Gasteiger partial charge in [-0.15, -0.1) is 0 Å². The number of nitrogens with zero attached hydrogens (tertiary/aromatic N) is 2. The summed E-state index contributed by atoms with van der Waals surface area (Å²) >= 11 is 0. The smallest absolute Gasteiger partial charge is 0.420 e. The van der Waals surface area contributed by atoms with Crippen LogP contribution in [-0.4, -0.2) is 24.1 Å². The molecule has 0 aliphatic carbocycles. The highest BCUT2D eigenvalue weighted by atomic mass is 16.5. The van der Waals surface area contributed by atoms with Gasteiger partial charge in [0.15, 0.2) is 5.58 Å². The number of likely N-dealkylation sites (N-methyl/N-ethyl adjacent to an activating group) is 1. The van der Waals surface area contributed by atoms with Crippen LogP contribution < -0.4 is 15.4 Å². The van der Waals surface area contributed by atoms with E-state index in [1.165, 1.54) is 9.47 Å². The first-order valence-corrected chi connectivity index (χ1v) is 7.68. The zero-order valence-electron chi connectivity index (χ0n) is 13.6. The highest BCUT2D eigenvalue weighted by Gasteiger charge is 2.16. The predicted molar refractivity (Wildman–Crippen MR) is 91.5 cm³/mol. The van der Waals surface area contributed by atoms with Crippen molar-refractivity contribution in [1.82, 2.24) is 4.57 Å². The summed E-state index contributed by atoms with van der Waals surface area (Å²) in [5.74, 6) is -0.00314. The maximum Gasteiger partial charge on any atom is 0.420 e. The lowest BCUT2D eigenvalue weighted by Crippen LogP contribution is -2.32. The zero-order valence-corrected chi connectivity index (χ0v) is 13.6. The molecule has 0 fully saturated rings. The molecular formula is C18H18N2O4. The van der Waals surface area contributed by atoms with E-state index in [0.717, 1.165) is 11.4 Å². The normalized spacial score (nSPS) is 10.8. The molecule has 0 spiro atoms. The maximum atomic E-state index is 12.5. The van der Waals surface area contributed by atoms with Crippen LogP contribution in [0, 0.1) is 0 Å². The van der Waals surface area contributed by atoms with Gasteiger partial charge in [0.05, 0.1) is 12.1 Å². The summed E-state index contributed by atoms with van der Waals surface area (Å²) in [5, 5.41) is 0. The second-order valence-corrected chi connectivity index (χ2v) is 5.30. The van der Waals surface area contributed by atoms with E-state index in [4.69, 9.17) is 9.15 Å². The summed E-state index contributed by atoms with van der Waals surface area (Å²) in [6, 6.07) is 14.3. The molecule has 0 aliphatic heterocycles. The van der Waals surface area contributed by atoms with Crippen LogP contribution in [0.5, 0.6) is 5.75 Å². The van der Waals surface area contributed by atoms with Gasteiger partial charge in [0.25, 0.3) is 0 Å². The van der Waals surface area contributed by atoms with Crippen molar-refractivity contribution in [2.45, 2.75) is 13.5 Å². The molecule has 2 aromatic carbocycles. The van der Waals surface area contributed by atoms with Gasteiger partial charge < -0.3 is 14.1 Å². The van der Waals surface area contributed by atoms with Gasteiger partial charge in [0, 0.05) is 12.7 Å². The molecule has 6 nitrogen and oxygen atoms in total. The quantitative estimate of drug-likeness (QED) is 0.723. The third kappa shape index (κ3) is 3.03. The van der Waals surface area contributed by atoms with Gasteiger partial charge in [0.1, 0.15) is 12.3 Å². The average Bonchev–Trinajstić information content (AvgIpc) is 2.91. The van der Waals surface area contributed by atoms with Crippen molar-refractivity contribution in [3.05, 3.63) is 59.1 Å². The second kappa shape index (κ2) is 6.62. The van der Waals surface area contributed by atoms with E-state index >= 15 is 0 Å². The summed E-state index contributed by atoms with van der Waals surface area (Å²) in [5.41, 5.74) is 1.80. The van der Waals surface area contributed by atoms with Crippen molar-refractivity contribution in [1.29, 1.82) is 0 Å². The van der Waals surface area contributed by atoms with Gasteiger partial charge in [0.2, 0.25) is 5.91 Å². The summed E-state index contributed by atoms with van der Waals surface area (Å²) in [6.07, 6.45) is 0. The number of amides is 1. The van der Waals surface area contributed by atoms with Crippen LogP contribution in [0.1, 0.15) is 6.92 Å². The van der Waals surface area contributed by atoms with Crippen molar-refractivity contribution in [2.75, 3.05) is 18.6 Å². The summed E-state index contributed by atoms with van der Waals surface area (Å²) in [4.78, 5) is 26.0. The topological polar surface area (TPSA) is 64.7 Å². The molecule has 0 N–H and O–H groups in total. The van der Waals surface area contributed by atoms with Crippen molar-refractivity contribution >= 4 is 22.7 Å². The lowest BCUT2D eigenvalue weighted by molar-refractivity contribution is -0.118. The summed E-state index contributed by atoms with van der Waals surface area (Å²) in [7, 11) is 1.67. The monoisotopic (exact) mass is 326 g/mol. The Morgan fingerprint density at radius 2 is 1.88 bits per heavy atom. The molecule has 0 aliphatic rings. The van der Waals surface area contributed by atoms with Crippen LogP contribution in [0.3, 0.4) is 0 Å². The summed E-state index contributed by atoms with van der Waals surface area (Å²) in [6.45, 7) is 2.42. The first-order chi connectivity index (χ1) is 11.6. The molecule has 0 radical (unpaired) electrons. The Labute approximate surface area is 138 Å². The van der Waals surface area contributed by atoms with Gasteiger partial charge in [-0.25, -0.2) is 4.79 Å². The number of carbonyl (C=O) groups excluding carboxylic acids is 1. The minimum absolute atomic E-state index is 0.0838. The standard InChI is InChI=1S/C18H18N2O4/c1-3-23-14-10-8-13(9-11-14)19(2)17(21)12-20-15-6-4-5-7-16(15)24-18(20)22/h4-11H,3,12H2,1-2H3. The van der Waals surface area contributed by atoms with Gasteiger partial charge >= 0.3 is 5.76 Å². The number of fused-ring (bicyclic) bond motifs is 1. The number of aromatic nitrogens is 1. The van der Waals surface area contributed by atoms with E-state index < -0.39 is 5.76 Å². The summed E-state index contributed by atoms with van der Waals surface area (Å²) < 4.78 is 11.9. The van der Waals surface area contributed by atoms with E-state index in [1.807, 2.05) is 19.1 Å². The first-order valence-electron chi connectivity index (χ1n) is 7.68. The third-order valence-electron chi connectivity index (χ3n) is 3.78. The fourth-order valence-corrected chi connectivity index (χ4v) is 2.48. The van der Waals surface area contributed by atoms with Crippen LogP contribution in [-0.2, 0) is 11.3 Å². The number of para-hydroxylation sites is 2. The van der Waals surface area contributed by atoms with Crippen LogP contribution in [0.15, 0.2) is 57.7 Å². The Morgan fingerprint density at radius 1 is 1.17 bits per heavy atom. The number of anilines is 1. The highest BCUT2D eigenvalue weighted by Crippen LogP contribution is 2.19. The molecule has 24 heavy (non-hydrogen) atoms. The van der Waals surface area contributed by atoms with Crippen LogP contribution >= 0.6 is 0 Å². The number of oxazole rings is 1. The largest absolute Gasteiger partial charge is 0.494 e. The zero-order chi connectivity index (χ0) is 17.1. The molecule has 0 saturated heterocycles. The lowest BCUT2D eigenvalue weighted by Gasteiger charge is -2.18. The molecular weight excluding hydrogens is 308 g/mol. The Morgan fingerprint density at radius 3 is 2.58 bits per heavy atom. The van der Waals surface area contributed by atoms with Crippen LogP contribution in [0.2, 0.25) is 0 Å². The minimum Gasteiger partial charge on any atom is -0.494 e. The number of hydrogen-bond donors (Lipinski definition) is 0. The number of ether oxygens (including phenoxy) is 1. The highest BCUT2D eigenvalue weighted by molar-refractivity contribution is 5.93. The molecule has 0 atom stereocenters. The molecule has 1 heterocycles. The Hall–Kier alpha value is -3.02. The van der Waals surface area contributed by atoms with Crippen molar-refractivity contribution in [3.8, 4) is 5.75 Å². The van der Waals surface area contributed by atoms with Crippen molar-refractivity contribution in [2.24, 2.45) is 0 Å². The number of carbonyl (C=O) groups is 1.